The molecule has 152 valence electrons. The lowest BCUT2D eigenvalue weighted by Crippen LogP contribution is -2.34. The number of anilines is 1. The predicted octanol–water partition coefficient (Wildman–Crippen LogP) is 3.60. The maximum absolute atomic E-state index is 12.3. The van der Waals surface area contributed by atoms with Gasteiger partial charge in [0.1, 0.15) is 0 Å². The molecule has 29 heavy (non-hydrogen) atoms. The Morgan fingerprint density at radius 3 is 2.55 bits per heavy atom. The summed E-state index contributed by atoms with van der Waals surface area (Å²) in [5.74, 6) is -0.651. The lowest BCUT2D eigenvalue weighted by molar-refractivity contribution is 0.0967. The van der Waals surface area contributed by atoms with Crippen LogP contribution in [-0.4, -0.2) is 31.4 Å². The zero-order chi connectivity index (χ0) is 21.2. The van der Waals surface area contributed by atoms with Crippen molar-refractivity contribution in [2.75, 3.05) is 5.32 Å². The van der Waals surface area contributed by atoms with Crippen molar-refractivity contribution in [1.29, 1.82) is 0 Å². The van der Waals surface area contributed by atoms with Crippen LogP contribution in [0.25, 0.3) is 10.2 Å². The van der Waals surface area contributed by atoms with Gasteiger partial charge in [0, 0.05) is 6.04 Å². The molecule has 8 nitrogen and oxygen atoms in total. The van der Waals surface area contributed by atoms with Crippen LogP contribution in [0.4, 0.5) is 9.93 Å². The van der Waals surface area contributed by atoms with Crippen molar-refractivity contribution in [1.82, 2.24) is 15.0 Å². The molecule has 0 saturated carbocycles. The van der Waals surface area contributed by atoms with E-state index in [0.717, 1.165) is 11.3 Å². The van der Waals surface area contributed by atoms with E-state index in [4.69, 9.17) is 11.6 Å². The molecule has 3 rings (SSSR count). The molecule has 3 aromatic rings. The van der Waals surface area contributed by atoms with Crippen LogP contribution in [0.3, 0.4) is 0 Å². The first-order valence-corrected chi connectivity index (χ1v) is 11.1. The molecule has 0 aliphatic rings. The summed E-state index contributed by atoms with van der Waals surface area (Å²) in [6.45, 7) is 3.46. The van der Waals surface area contributed by atoms with Gasteiger partial charge in [-0.25, -0.2) is 22.9 Å². The molecule has 0 fully saturated rings. The molecule has 1 heterocycles. The highest BCUT2D eigenvalue weighted by Crippen LogP contribution is 2.28. The Hall–Kier alpha value is -2.53. The lowest BCUT2D eigenvalue weighted by Gasteiger charge is -2.09. The average molecular weight is 453 g/mol. The number of carbonyl (C=O) groups is 2. The maximum atomic E-state index is 12.3. The first-order chi connectivity index (χ1) is 13.7. The number of imide groups is 1. The van der Waals surface area contributed by atoms with Gasteiger partial charge in [0.15, 0.2) is 5.13 Å². The smallest absolute Gasteiger partial charge is 0.283 e. The molecule has 0 saturated heterocycles. The van der Waals surface area contributed by atoms with E-state index in [1.165, 1.54) is 18.2 Å². The zero-order valence-electron chi connectivity index (χ0n) is 15.4. The number of hydrogen-bond acceptors (Lipinski definition) is 6. The third kappa shape index (κ3) is 5.10. The van der Waals surface area contributed by atoms with Gasteiger partial charge in [-0.15, -0.1) is 0 Å². The summed E-state index contributed by atoms with van der Waals surface area (Å²) in [6.07, 6.45) is 0. The summed E-state index contributed by atoms with van der Waals surface area (Å²) in [5.41, 5.74) is 0.687. The van der Waals surface area contributed by atoms with E-state index in [2.05, 4.69) is 20.3 Å². The highest BCUT2D eigenvalue weighted by molar-refractivity contribution is 7.89. The Kier molecular flexibility index (Phi) is 6.18. The van der Waals surface area contributed by atoms with Crippen molar-refractivity contribution in [2.24, 2.45) is 0 Å². The van der Waals surface area contributed by atoms with E-state index < -0.39 is 22.0 Å². The molecule has 1 aromatic heterocycles. The Morgan fingerprint density at radius 1 is 1.14 bits per heavy atom. The number of thiazole rings is 1. The zero-order valence-corrected chi connectivity index (χ0v) is 17.8. The molecule has 2 aromatic carbocycles. The highest BCUT2D eigenvalue weighted by Gasteiger charge is 2.18. The topological polar surface area (TPSA) is 117 Å². The van der Waals surface area contributed by atoms with Crippen molar-refractivity contribution in [2.45, 2.75) is 24.8 Å². The van der Waals surface area contributed by atoms with Crippen LogP contribution in [0.15, 0.2) is 47.4 Å². The number of carbonyl (C=O) groups excluding carboxylic acids is 2. The third-order valence-electron chi connectivity index (χ3n) is 3.63. The minimum absolute atomic E-state index is 0.104. The first-order valence-electron chi connectivity index (χ1n) is 8.45. The molecule has 0 bridgehead atoms. The van der Waals surface area contributed by atoms with Crippen LogP contribution >= 0.6 is 22.9 Å². The van der Waals surface area contributed by atoms with Crippen LogP contribution < -0.4 is 15.4 Å². The van der Waals surface area contributed by atoms with Gasteiger partial charge >= 0.3 is 6.03 Å². The number of nitrogens with zero attached hydrogens (tertiary/aromatic N) is 1. The SMILES string of the molecule is CC(C)NS(=O)(=O)c1ccc2nc(NC(=O)NC(=O)c3ccccc3Cl)sc2c1. The number of halogens is 1. The van der Waals surface area contributed by atoms with E-state index in [1.54, 1.807) is 38.1 Å². The molecule has 0 aliphatic carbocycles. The van der Waals surface area contributed by atoms with Crippen molar-refractivity contribution in [3.05, 3.63) is 53.1 Å². The Bertz CT molecular complexity index is 1190. The molecule has 11 heteroatoms. The van der Waals surface area contributed by atoms with Gasteiger partial charge in [-0.05, 0) is 44.2 Å². The van der Waals surface area contributed by atoms with Gasteiger partial charge in [-0.3, -0.25) is 15.4 Å². The second-order valence-electron chi connectivity index (χ2n) is 6.31. The number of sulfonamides is 1. The van der Waals surface area contributed by atoms with Crippen molar-refractivity contribution in [3.8, 4) is 0 Å². The monoisotopic (exact) mass is 452 g/mol. The normalized spacial score (nSPS) is 11.6. The van der Waals surface area contributed by atoms with Crippen LogP contribution in [0, 0.1) is 0 Å². The average Bonchev–Trinajstić information content (AvgIpc) is 3.01. The standard InChI is InChI=1S/C18H17ClN4O4S2/c1-10(2)23-29(26,27)11-7-8-14-15(9-11)28-18(20-14)22-17(25)21-16(24)12-5-3-4-6-13(12)19/h3-10,23H,1-2H3,(H2,20,21,22,24,25). The van der Waals surface area contributed by atoms with Crippen LogP contribution in [0.1, 0.15) is 24.2 Å². The fourth-order valence-corrected chi connectivity index (χ4v) is 4.92. The van der Waals surface area contributed by atoms with E-state index in [1.807, 2.05) is 0 Å². The molecular weight excluding hydrogens is 436 g/mol. The molecule has 0 radical (unpaired) electrons. The van der Waals surface area contributed by atoms with Crippen LogP contribution in [0.2, 0.25) is 5.02 Å². The minimum atomic E-state index is -3.64. The minimum Gasteiger partial charge on any atom is -0.283 e. The van der Waals surface area contributed by atoms with E-state index >= 15 is 0 Å². The summed E-state index contributed by atoms with van der Waals surface area (Å²) in [6, 6.07) is 9.80. The summed E-state index contributed by atoms with van der Waals surface area (Å²) in [4.78, 5) is 28.6. The number of benzene rings is 2. The first kappa shape index (κ1) is 21.2. The van der Waals surface area contributed by atoms with Gasteiger partial charge in [0.2, 0.25) is 10.0 Å². The molecule has 3 amide bonds. The molecule has 0 aliphatic heterocycles. The fraction of sp³-hybridized carbons (Fsp3) is 0.167. The lowest BCUT2D eigenvalue weighted by atomic mass is 10.2. The quantitative estimate of drug-likeness (QED) is 0.546. The van der Waals surface area contributed by atoms with Gasteiger partial charge in [-0.2, -0.15) is 0 Å². The number of fused-ring (bicyclic) bond motifs is 1. The number of urea groups is 1. The Morgan fingerprint density at radius 2 is 1.86 bits per heavy atom. The second kappa shape index (κ2) is 8.46. The summed E-state index contributed by atoms with van der Waals surface area (Å²) < 4.78 is 27.7. The molecule has 3 N–H and O–H groups in total. The summed E-state index contributed by atoms with van der Waals surface area (Å²) in [7, 11) is -3.64. The number of nitrogens with one attached hydrogen (secondary N) is 3. The predicted molar refractivity (Wildman–Crippen MR) is 113 cm³/mol. The number of rotatable bonds is 5. The third-order valence-corrected chi connectivity index (χ3v) is 6.55. The molecule has 0 unspecified atom stereocenters. The Balaban J connectivity index is 1.74. The van der Waals surface area contributed by atoms with Crippen molar-refractivity contribution < 1.29 is 18.0 Å². The fourth-order valence-electron chi connectivity index (χ4n) is 2.45. The summed E-state index contributed by atoms with van der Waals surface area (Å²) in [5, 5.41) is 5.09. The van der Waals surface area contributed by atoms with Gasteiger partial charge in [-0.1, -0.05) is 35.1 Å². The van der Waals surface area contributed by atoms with Crippen LogP contribution in [0.5, 0.6) is 0 Å². The van der Waals surface area contributed by atoms with Crippen molar-refractivity contribution >= 4 is 60.2 Å². The van der Waals surface area contributed by atoms with Gasteiger partial charge < -0.3 is 0 Å². The number of hydrogen-bond donors (Lipinski definition) is 3. The Labute approximate surface area is 176 Å². The number of aromatic nitrogens is 1. The molecule has 0 atom stereocenters. The van der Waals surface area contributed by atoms with Gasteiger partial charge in [0.25, 0.3) is 5.91 Å². The van der Waals surface area contributed by atoms with Gasteiger partial charge in [0.05, 0.1) is 25.7 Å². The van der Waals surface area contributed by atoms with E-state index in [-0.39, 0.29) is 26.7 Å². The molecule has 0 spiro atoms. The second-order valence-corrected chi connectivity index (χ2v) is 9.46. The molecular formula is C18H17ClN4O4S2. The largest absolute Gasteiger partial charge is 0.327 e. The van der Waals surface area contributed by atoms with Crippen LogP contribution in [-0.2, 0) is 10.0 Å². The maximum Gasteiger partial charge on any atom is 0.327 e. The number of amides is 3. The van der Waals surface area contributed by atoms with Crippen molar-refractivity contribution in [3.63, 3.8) is 0 Å². The summed E-state index contributed by atoms with van der Waals surface area (Å²) >= 11 is 7.03. The van der Waals surface area contributed by atoms with E-state index in [0.29, 0.717) is 10.2 Å². The highest BCUT2D eigenvalue weighted by atomic mass is 35.5. The van der Waals surface area contributed by atoms with E-state index in [9.17, 15) is 18.0 Å².